The van der Waals surface area contributed by atoms with Crippen molar-refractivity contribution in [2.75, 3.05) is 20.3 Å². The maximum atomic E-state index is 12.1. The van der Waals surface area contributed by atoms with Crippen LogP contribution in [0.1, 0.15) is 15.9 Å². The van der Waals surface area contributed by atoms with Crippen molar-refractivity contribution >= 4 is 17.5 Å². The minimum atomic E-state index is -0.684. The van der Waals surface area contributed by atoms with Crippen molar-refractivity contribution in [1.29, 1.82) is 0 Å². The summed E-state index contributed by atoms with van der Waals surface area (Å²) in [7, 11) is 1.58. The summed E-state index contributed by atoms with van der Waals surface area (Å²) >= 11 is 0. The average molecular weight is 343 g/mol. The lowest BCUT2D eigenvalue weighted by molar-refractivity contribution is -0.385. The first-order valence-corrected chi connectivity index (χ1v) is 7.43. The molecule has 0 amide bonds. The number of nitro groups is 1. The number of hydrogen-bond acceptors (Lipinski definition) is 6. The molecule has 2 aromatic rings. The molecule has 0 saturated carbocycles. The van der Waals surface area contributed by atoms with E-state index >= 15 is 0 Å². The Kier molecular flexibility index (Phi) is 6.25. The second-order valence-electron chi connectivity index (χ2n) is 5.07. The second kappa shape index (κ2) is 8.60. The van der Waals surface area contributed by atoms with Crippen LogP contribution in [0.15, 0.2) is 48.5 Å². The van der Waals surface area contributed by atoms with E-state index in [9.17, 15) is 20.0 Å². The van der Waals surface area contributed by atoms with Crippen molar-refractivity contribution in [2.24, 2.45) is 0 Å². The van der Waals surface area contributed by atoms with E-state index < -0.39 is 16.4 Å². The summed E-state index contributed by atoms with van der Waals surface area (Å²) < 4.78 is 10.3. The number of hydrogen-bond donors (Lipinski definition) is 1. The lowest BCUT2D eigenvalue weighted by Gasteiger charge is -2.05. The maximum absolute atomic E-state index is 12.1. The lowest BCUT2D eigenvalue weighted by atomic mass is 10.1. The monoisotopic (exact) mass is 343 g/mol. The molecule has 0 spiro atoms. The highest BCUT2D eigenvalue weighted by molar-refractivity contribution is 6.06. The largest absolute Gasteiger partial charge is 0.502 e. The molecule has 0 aliphatic heterocycles. The van der Waals surface area contributed by atoms with Crippen LogP contribution in [0.25, 0.3) is 6.08 Å². The van der Waals surface area contributed by atoms with Crippen LogP contribution in [0.4, 0.5) is 5.69 Å². The van der Waals surface area contributed by atoms with Gasteiger partial charge in [-0.3, -0.25) is 14.9 Å². The van der Waals surface area contributed by atoms with Crippen LogP contribution in [0.5, 0.6) is 11.5 Å². The van der Waals surface area contributed by atoms with Crippen molar-refractivity contribution in [1.82, 2.24) is 0 Å². The van der Waals surface area contributed by atoms with Crippen molar-refractivity contribution in [3.05, 3.63) is 69.8 Å². The molecule has 0 heterocycles. The van der Waals surface area contributed by atoms with Gasteiger partial charge >= 0.3 is 5.69 Å². The molecule has 7 heteroatoms. The van der Waals surface area contributed by atoms with E-state index in [2.05, 4.69) is 0 Å². The number of rotatable bonds is 8. The number of carbonyl (C=O) groups excluding carboxylic acids is 1. The zero-order valence-electron chi connectivity index (χ0n) is 13.5. The number of nitro benzene ring substituents is 1. The van der Waals surface area contributed by atoms with Crippen molar-refractivity contribution in [3.8, 4) is 11.5 Å². The summed E-state index contributed by atoms with van der Waals surface area (Å²) in [5, 5.41) is 20.2. The molecule has 7 nitrogen and oxygen atoms in total. The fourth-order valence-corrected chi connectivity index (χ4v) is 2.02. The molecule has 0 atom stereocenters. The molecule has 0 unspecified atom stereocenters. The van der Waals surface area contributed by atoms with Crippen molar-refractivity contribution in [3.63, 3.8) is 0 Å². The van der Waals surface area contributed by atoms with Gasteiger partial charge in [-0.15, -0.1) is 0 Å². The lowest BCUT2D eigenvalue weighted by Crippen LogP contribution is -2.04. The molecule has 0 aromatic heterocycles. The molecule has 130 valence electrons. The van der Waals surface area contributed by atoms with Gasteiger partial charge in [0.25, 0.3) is 0 Å². The third-order valence-corrected chi connectivity index (χ3v) is 3.32. The average Bonchev–Trinajstić information content (AvgIpc) is 2.61. The van der Waals surface area contributed by atoms with Gasteiger partial charge in [0.1, 0.15) is 12.4 Å². The predicted octanol–water partition coefficient (Wildman–Crippen LogP) is 3.22. The van der Waals surface area contributed by atoms with Crippen molar-refractivity contribution in [2.45, 2.75) is 0 Å². The molecular weight excluding hydrogens is 326 g/mol. The standard InChI is InChI=1S/C18H17NO6/c1-24-10-11-25-15-6-4-14(5-7-15)17(20)8-2-13-3-9-18(21)16(12-13)19(22)23/h2-9,12,21H,10-11H2,1H3. The normalized spacial score (nSPS) is 10.8. The zero-order chi connectivity index (χ0) is 18.2. The number of ether oxygens (including phenoxy) is 2. The number of phenols is 1. The summed E-state index contributed by atoms with van der Waals surface area (Å²) in [4.78, 5) is 22.3. The van der Waals surface area contributed by atoms with Crippen LogP contribution in [0.3, 0.4) is 0 Å². The number of nitrogens with zero attached hydrogens (tertiary/aromatic N) is 1. The number of ketones is 1. The van der Waals surface area contributed by atoms with Crippen LogP contribution in [-0.2, 0) is 4.74 Å². The molecular formula is C18H17NO6. The van der Waals surface area contributed by atoms with E-state index in [-0.39, 0.29) is 5.78 Å². The highest BCUT2D eigenvalue weighted by Crippen LogP contribution is 2.26. The Bertz CT molecular complexity index is 783. The summed E-state index contributed by atoms with van der Waals surface area (Å²) in [5.74, 6) is -0.0385. The molecule has 25 heavy (non-hydrogen) atoms. The minimum Gasteiger partial charge on any atom is -0.502 e. The van der Waals surface area contributed by atoms with Gasteiger partial charge in [-0.1, -0.05) is 12.1 Å². The smallest absolute Gasteiger partial charge is 0.311 e. The van der Waals surface area contributed by atoms with Crippen LogP contribution in [-0.4, -0.2) is 36.1 Å². The number of aromatic hydroxyl groups is 1. The molecule has 2 aromatic carbocycles. The van der Waals surface area contributed by atoms with E-state index in [0.29, 0.717) is 30.1 Å². The maximum Gasteiger partial charge on any atom is 0.311 e. The topological polar surface area (TPSA) is 98.9 Å². The molecule has 1 N–H and O–H groups in total. The molecule has 0 saturated heterocycles. The predicted molar refractivity (Wildman–Crippen MR) is 91.9 cm³/mol. The van der Waals surface area contributed by atoms with Gasteiger partial charge in [-0.25, -0.2) is 0 Å². The van der Waals surface area contributed by atoms with Gasteiger partial charge in [-0.2, -0.15) is 0 Å². The SMILES string of the molecule is COCCOc1ccc(C(=O)C=Cc2ccc(O)c([N+](=O)[O-])c2)cc1. The van der Waals surface area contributed by atoms with E-state index in [1.807, 2.05) is 0 Å². The molecule has 0 bridgehead atoms. The number of phenolic OH excluding ortho intramolecular Hbond substituents is 1. The van der Waals surface area contributed by atoms with Gasteiger partial charge in [0.2, 0.25) is 0 Å². The molecule has 0 fully saturated rings. The summed E-state index contributed by atoms with van der Waals surface area (Å²) in [6, 6.07) is 10.5. The van der Waals surface area contributed by atoms with E-state index in [4.69, 9.17) is 9.47 Å². The summed E-state index contributed by atoms with van der Waals surface area (Å²) in [6.45, 7) is 0.894. The number of allylic oxidation sites excluding steroid dienone is 1. The minimum absolute atomic E-state index is 0.251. The van der Waals surface area contributed by atoms with Gasteiger partial charge in [0.15, 0.2) is 11.5 Å². The Balaban J connectivity index is 2.05. The van der Waals surface area contributed by atoms with Crippen LogP contribution in [0, 0.1) is 10.1 Å². The number of carbonyl (C=O) groups is 1. The quantitative estimate of drug-likeness (QED) is 0.260. The molecule has 0 aliphatic rings. The van der Waals surface area contributed by atoms with Crippen molar-refractivity contribution < 1.29 is 24.3 Å². The molecule has 0 radical (unpaired) electrons. The highest BCUT2D eigenvalue weighted by atomic mass is 16.6. The summed E-state index contributed by atoms with van der Waals surface area (Å²) in [5.41, 5.74) is 0.494. The van der Waals surface area contributed by atoms with Gasteiger partial charge in [0.05, 0.1) is 11.5 Å². The van der Waals surface area contributed by atoms with E-state index in [1.54, 1.807) is 31.4 Å². The zero-order valence-corrected chi connectivity index (χ0v) is 13.5. The fraction of sp³-hybridized carbons (Fsp3) is 0.167. The van der Waals surface area contributed by atoms with Crippen LogP contribution in [0.2, 0.25) is 0 Å². The van der Waals surface area contributed by atoms with E-state index in [1.165, 1.54) is 30.4 Å². The first kappa shape index (κ1) is 18.2. The third kappa shape index (κ3) is 5.15. The van der Waals surface area contributed by atoms with Gasteiger partial charge < -0.3 is 14.6 Å². The summed E-state index contributed by atoms with van der Waals surface area (Å²) in [6.07, 6.45) is 2.77. The Morgan fingerprint density at radius 3 is 2.56 bits per heavy atom. The van der Waals surface area contributed by atoms with Crippen LogP contribution < -0.4 is 4.74 Å². The first-order valence-electron chi connectivity index (χ1n) is 7.43. The Labute approximate surface area is 144 Å². The third-order valence-electron chi connectivity index (χ3n) is 3.32. The van der Waals surface area contributed by atoms with Gasteiger partial charge in [0, 0.05) is 18.7 Å². The van der Waals surface area contributed by atoms with E-state index in [0.717, 1.165) is 0 Å². The molecule has 0 aliphatic carbocycles. The Morgan fingerprint density at radius 2 is 1.92 bits per heavy atom. The fourth-order valence-electron chi connectivity index (χ4n) is 2.02. The van der Waals surface area contributed by atoms with Gasteiger partial charge in [-0.05, 0) is 42.0 Å². The Hall–Kier alpha value is -3.19. The second-order valence-corrected chi connectivity index (χ2v) is 5.07. The Morgan fingerprint density at radius 1 is 1.20 bits per heavy atom. The molecule has 2 rings (SSSR count). The number of methoxy groups -OCH3 is 1. The highest BCUT2D eigenvalue weighted by Gasteiger charge is 2.12. The van der Waals surface area contributed by atoms with Crippen LogP contribution >= 0.6 is 0 Å². The first-order chi connectivity index (χ1) is 12.0. The number of benzene rings is 2.